The van der Waals surface area contributed by atoms with E-state index in [2.05, 4.69) is 5.10 Å². The van der Waals surface area contributed by atoms with Gasteiger partial charge in [0, 0.05) is 11.8 Å². The molecule has 82 valence electrons. The molecule has 0 aliphatic carbocycles. The van der Waals surface area contributed by atoms with Crippen LogP contribution in [0, 0.1) is 12.7 Å². The Morgan fingerprint density at radius 1 is 1.50 bits per heavy atom. The van der Waals surface area contributed by atoms with Crippen LogP contribution in [0.1, 0.15) is 16.1 Å². The Morgan fingerprint density at radius 3 is 2.75 bits per heavy atom. The van der Waals surface area contributed by atoms with Crippen molar-refractivity contribution < 1.29 is 9.18 Å². The Morgan fingerprint density at radius 2 is 2.25 bits per heavy atom. The van der Waals surface area contributed by atoms with Crippen LogP contribution in [0.15, 0.2) is 24.4 Å². The van der Waals surface area contributed by atoms with Crippen LogP contribution in [0.25, 0.3) is 5.69 Å². The number of carbonyl (C=O) groups excluding carboxylic acids is 1. The highest BCUT2D eigenvalue weighted by Gasteiger charge is 2.09. The van der Waals surface area contributed by atoms with Crippen molar-refractivity contribution in [2.24, 2.45) is 0 Å². The Labute approximate surface area is 96.5 Å². The van der Waals surface area contributed by atoms with Crippen LogP contribution in [-0.2, 0) is 0 Å². The van der Waals surface area contributed by atoms with Crippen LogP contribution in [-0.4, -0.2) is 16.1 Å². The lowest BCUT2D eigenvalue weighted by Gasteiger charge is -2.02. The van der Waals surface area contributed by atoms with Gasteiger partial charge < -0.3 is 0 Å². The zero-order chi connectivity index (χ0) is 11.7. The third-order valence-electron chi connectivity index (χ3n) is 2.19. The standard InChI is InChI=1S/C11H8ClFN2O/c1-7-9(12)5-15(14-7)11-3-2-8(6-16)4-10(11)13/h2-6H,1H3. The van der Waals surface area contributed by atoms with E-state index in [1.54, 1.807) is 6.92 Å². The van der Waals surface area contributed by atoms with Crippen molar-refractivity contribution in [3.63, 3.8) is 0 Å². The molecule has 1 aromatic heterocycles. The molecule has 0 atom stereocenters. The number of hydrogen-bond acceptors (Lipinski definition) is 2. The minimum Gasteiger partial charge on any atom is -0.298 e. The summed E-state index contributed by atoms with van der Waals surface area (Å²) in [5.74, 6) is -0.510. The largest absolute Gasteiger partial charge is 0.298 e. The first-order valence-electron chi connectivity index (χ1n) is 4.58. The minimum atomic E-state index is -0.510. The molecular formula is C11H8ClFN2O. The topological polar surface area (TPSA) is 34.9 Å². The summed E-state index contributed by atoms with van der Waals surface area (Å²) < 4.78 is 14.9. The van der Waals surface area contributed by atoms with Gasteiger partial charge in [-0.1, -0.05) is 11.6 Å². The lowest BCUT2D eigenvalue weighted by molar-refractivity contribution is 0.112. The quantitative estimate of drug-likeness (QED) is 0.754. The average Bonchev–Trinajstić information content (AvgIpc) is 2.58. The Bertz CT molecular complexity index is 531. The molecule has 2 aromatic rings. The highest BCUT2D eigenvalue weighted by atomic mass is 35.5. The number of rotatable bonds is 2. The fraction of sp³-hybridized carbons (Fsp3) is 0.0909. The van der Waals surface area contributed by atoms with Crippen LogP contribution in [0.5, 0.6) is 0 Å². The molecular weight excluding hydrogens is 231 g/mol. The fourth-order valence-corrected chi connectivity index (χ4v) is 1.47. The van der Waals surface area contributed by atoms with Gasteiger partial charge in [-0.05, 0) is 25.1 Å². The Kier molecular flexibility index (Phi) is 2.75. The number of aldehydes is 1. The van der Waals surface area contributed by atoms with E-state index in [9.17, 15) is 9.18 Å². The third-order valence-corrected chi connectivity index (χ3v) is 2.56. The van der Waals surface area contributed by atoms with Gasteiger partial charge in [0.15, 0.2) is 0 Å². The van der Waals surface area contributed by atoms with Crippen LogP contribution < -0.4 is 0 Å². The zero-order valence-corrected chi connectivity index (χ0v) is 9.20. The van der Waals surface area contributed by atoms with Crippen molar-refractivity contribution in [2.75, 3.05) is 0 Å². The summed E-state index contributed by atoms with van der Waals surface area (Å²) in [6.45, 7) is 1.73. The van der Waals surface area contributed by atoms with Crippen molar-refractivity contribution in [3.8, 4) is 5.69 Å². The first kappa shape index (κ1) is 10.8. The van der Waals surface area contributed by atoms with Crippen molar-refractivity contribution in [3.05, 3.63) is 46.5 Å². The molecule has 0 N–H and O–H groups in total. The summed E-state index contributed by atoms with van der Waals surface area (Å²) in [7, 11) is 0. The van der Waals surface area contributed by atoms with E-state index in [-0.39, 0.29) is 11.3 Å². The lowest BCUT2D eigenvalue weighted by Crippen LogP contribution is -1.99. The summed E-state index contributed by atoms with van der Waals surface area (Å²) in [4.78, 5) is 10.5. The van der Waals surface area contributed by atoms with Gasteiger partial charge >= 0.3 is 0 Å². The second kappa shape index (κ2) is 4.06. The number of nitrogens with zero attached hydrogens (tertiary/aromatic N) is 2. The Balaban J connectivity index is 2.52. The molecule has 0 aliphatic heterocycles. The minimum absolute atomic E-state index is 0.264. The number of hydrogen-bond donors (Lipinski definition) is 0. The van der Waals surface area contributed by atoms with Gasteiger partial charge in [0.2, 0.25) is 0 Å². The van der Waals surface area contributed by atoms with Gasteiger partial charge in [-0.3, -0.25) is 4.79 Å². The summed E-state index contributed by atoms with van der Waals surface area (Å²) in [6.07, 6.45) is 2.12. The van der Waals surface area contributed by atoms with Crippen LogP contribution >= 0.6 is 11.6 Å². The predicted molar refractivity (Wildman–Crippen MR) is 58.7 cm³/mol. The maximum Gasteiger partial charge on any atom is 0.150 e. The number of aromatic nitrogens is 2. The van der Waals surface area contributed by atoms with E-state index in [0.29, 0.717) is 17.0 Å². The molecule has 0 saturated heterocycles. The van der Waals surface area contributed by atoms with Gasteiger partial charge in [-0.25, -0.2) is 9.07 Å². The normalized spacial score (nSPS) is 10.4. The molecule has 1 heterocycles. The summed E-state index contributed by atoms with van der Waals surface area (Å²) in [6, 6.07) is 4.17. The molecule has 0 saturated carbocycles. The molecule has 0 bridgehead atoms. The third kappa shape index (κ3) is 1.84. The Hall–Kier alpha value is -1.68. The first-order valence-corrected chi connectivity index (χ1v) is 4.96. The second-order valence-corrected chi connectivity index (χ2v) is 3.74. The van der Waals surface area contributed by atoms with Crippen molar-refractivity contribution in [2.45, 2.75) is 6.92 Å². The highest BCUT2D eigenvalue weighted by Crippen LogP contribution is 2.19. The molecule has 5 heteroatoms. The van der Waals surface area contributed by atoms with Crippen LogP contribution in [0.3, 0.4) is 0 Å². The highest BCUT2D eigenvalue weighted by molar-refractivity contribution is 6.31. The van der Waals surface area contributed by atoms with Gasteiger partial charge in [0.05, 0.1) is 10.7 Å². The molecule has 1 aromatic carbocycles. The summed E-state index contributed by atoms with van der Waals surface area (Å²) >= 11 is 5.83. The van der Waals surface area contributed by atoms with E-state index >= 15 is 0 Å². The SMILES string of the molecule is Cc1nn(-c2ccc(C=O)cc2F)cc1Cl. The van der Waals surface area contributed by atoms with Crippen LogP contribution in [0.2, 0.25) is 5.02 Å². The van der Waals surface area contributed by atoms with Crippen molar-refractivity contribution in [1.82, 2.24) is 9.78 Å². The first-order chi connectivity index (χ1) is 7.61. The molecule has 2 rings (SSSR count). The summed E-state index contributed by atoms with van der Waals surface area (Å²) in [5.41, 5.74) is 1.18. The molecule has 0 unspecified atom stereocenters. The van der Waals surface area contributed by atoms with E-state index < -0.39 is 5.82 Å². The lowest BCUT2D eigenvalue weighted by atomic mass is 10.2. The maximum atomic E-state index is 13.6. The number of benzene rings is 1. The smallest absolute Gasteiger partial charge is 0.150 e. The molecule has 16 heavy (non-hydrogen) atoms. The van der Waals surface area contributed by atoms with Gasteiger partial charge in [-0.2, -0.15) is 5.10 Å². The maximum absolute atomic E-state index is 13.6. The molecule has 0 amide bonds. The van der Waals surface area contributed by atoms with Crippen molar-refractivity contribution in [1.29, 1.82) is 0 Å². The fourth-order valence-electron chi connectivity index (χ4n) is 1.34. The van der Waals surface area contributed by atoms with Gasteiger partial charge in [0.1, 0.15) is 17.8 Å². The molecule has 0 fully saturated rings. The van der Waals surface area contributed by atoms with E-state index in [1.807, 2.05) is 0 Å². The zero-order valence-electron chi connectivity index (χ0n) is 8.45. The molecule has 0 spiro atoms. The van der Waals surface area contributed by atoms with E-state index in [4.69, 9.17) is 11.6 Å². The molecule has 3 nitrogen and oxygen atoms in total. The number of aryl methyl sites for hydroxylation is 1. The monoisotopic (exact) mass is 238 g/mol. The molecule has 0 aliphatic rings. The molecule has 0 radical (unpaired) electrons. The number of halogens is 2. The van der Waals surface area contributed by atoms with E-state index in [1.165, 1.54) is 23.0 Å². The number of carbonyl (C=O) groups is 1. The van der Waals surface area contributed by atoms with Crippen molar-refractivity contribution >= 4 is 17.9 Å². The van der Waals surface area contributed by atoms with Crippen LogP contribution in [0.4, 0.5) is 4.39 Å². The second-order valence-electron chi connectivity index (χ2n) is 3.34. The van der Waals surface area contributed by atoms with E-state index in [0.717, 1.165) is 6.07 Å². The van der Waals surface area contributed by atoms with Gasteiger partial charge in [0.25, 0.3) is 0 Å². The van der Waals surface area contributed by atoms with Gasteiger partial charge in [-0.15, -0.1) is 0 Å². The predicted octanol–water partition coefficient (Wildman–Crippen LogP) is 2.79. The summed E-state index contributed by atoms with van der Waals surface area (Å²) in [5, 5.41) is 4.52. The average molecular weight is 239 g/mol.